The summed E-state index contributed by atoms with van der Waals surface area (Å²) >= 11 is 1.60. The average Bonchev–Trinajstić information content (AvgIpc) is 2.38. The van der Waals surface area contributed by atoms with E-state index in [2.05, 4.69) is 5.32 Å². The van der Waals surface area contributed by atoms with Crippen molar-refractivity contribution in [1.82, 2.24) is 0 Å². The van der Waals surface area contributed by atoms with Crippen molar-refractivity contribution >= 4 is 29.3 Å². The van der Waals surface area contributed by atoms with Gasteiger partial charge in [-0.2, -0.15) is 11.8 Å². The van der Waals surface area contributed by atoms with E-state index in [1.54, 1.807) is 17.8 Å². The summed E-state index contributed by atoms with van der Waals surface area (Å²) in [6, 6.07) is 4.47. The normalized spacial score (nSPS) is 11.7. The number of aromatic carboxylic acids is 1. The van der Waals surface area contributed by atoms with E-state index in [4.69, 9.17) is 9.84 Å². The van der Waals surface area contributed by atoms with E-state index in [-0.39, 0.29) is 23.1 Å². The maximum Gasteiger partial charge on any atom is 0.339 e. The summed E-state index contributed by atoms with van der Waals surface area (Å²) in [5, 5.41) is 11.7. The van der Waals surface area contributed by atoms with Crippen LogP contribution < -0.4 is 10.1 Å². The van der Waals surface area contributed by atoms with Crippen LogP contribution >= 0.6 is 11.8 Å². The number of amides is 1. The molecule has 0 heterocycles. The van der Waals surface area contributed by atoms with E-state index < -0.39 is 5.97 Å². The Morgan fingerprint density at radius 1 is 1.47 bits per heavy atom. The third kappa shape index (κ3) is 4.17. The second-order valence-corrected chi connectivity index (χ2v) is 4.98. The first-order valence-corrected chi connectivity index (χ1v) is 7.10. The van der Waals surface area contributed by atoms with Crippen molar-refractivity contribution in [3.8, 4) is 5.75 Å². The molecule has 0 aliphatic carbocycles. The van der Waals surface area contributed by atoms with E-state index >= 15 is 0 Å². The average molecular weight is 283 g/mol. The van der Waals surface area contributed by atoms with Crippen molar-refractivity contribution in [1.29, 1.82) is 0 Å². The molecular formula is C13H17NO4S. The molecule has 1 atom stereocenters. The summed E-state index contributed by atoms with van der Waals surface area (Å²) in [5.41, 5.74) is 0.595. The smallest absolute Gasteiger partial charge is 0.339 e. The third-order valence-corrected chi connectivity index (χ3v) is 3.40. The quantitative estimate of drug-likeness (QED) is 0.838. The van der Waals surface area contributed by atoms with E-state index in [1.807, 2.05) is 13.2 Å². The monoisotopic (exact) mass is 283 g/mol. The van der Waals surface area contributed by atoms with Gasteiger partial charge < -0.3 is 15.2 Å². The number of carboxylic acid groups (broad SMARTS) is 1. The molecule has 2 N–H and O–H groups in total. The number of anilines is 1. The molecule has 1 unspecified atom stereocenters. The zero-order valence-electron chi connectivity index (χ0n) is 11.1. The maximum absolute atomic E-state index is 11.8. The molecular weight excluding hydrogens is 266 g/mol. The van der Waals surface area contributed by atoms with Crippen molar-refractivity contribution in [2.24, 2.45) is 5.92 Å². The molecule has 0 fully saturated rings. The number of carbonyl (C=O) groups excluding carboxylic acids is 1. The van der Waals surface area contributed by atoms with Crippen LogP contribution in [0.25, 0.3) is 0 Å². The first kappa shape index (κ1) is 15.4. The van der Waals surface area contributed by atoms with Gasteiger partial charge in [0, 0.05) is 23.4 Å². The lowest BCUT2D eigenvalue weighted by molar-refractivity contribution is -0.118. The molecule has 0 aliphatic heterocycles. The van der Waals surface area contributed by atoms with Gasteiger partial charge in [0.15, 0.2) is 0 Å². The summed E-state index contributed by atoms with van der Waals surface area (Å²) in [7, 11) is 1.39. The first-order valence-electron chi connectivity index (χ1n) is 5.70. The molecule has 0 aliphatic rings. The fourth-order valence-corrected chi connectivity index (χ4v) is 2.19. The van der Waals surface area contributed by atoms with Crippen molar-refractivity contribution in [3.05, 3.63) is 23.8 Å². The minimum atomic E-state index is -1.06. The Hall–Kier alpha value is -1.69. The lowest BCUT2D eigenvalue weighted by Gasteiger charge is -2.12. The predicted octanol–water partition coefficient (Wildman–Crippen LogP) is 2.33. The molecule has 0 bridgehead atoms. The Balaban J connectivity index is 2.86. The molecule has 19 heavy (non-hydrogen) atoms. The van der Waals surface area contributed by atoms with Crippen LogP contribution in [0.3, 0.4) is 0 Å². The summed E-state index contributed by atoms with van der Waals surface area (Å²) < 4.78 is 5.00. The van der Waals surface area contributed by atoms with Gasteiger partial charge in [0.25, 0.3) is 0 Å². The molecule has 1 aromatic carbocycles. The van der Waals surface area contributed by atoms with Gasteiger partial charge in [-0.1, -0.05) is 6.92 Å². The molecule has 1 rings (SSSR count). The molecule has 1 amide bonds. The lowest BCUT2D eigenvalue weighted by atomic mass is 10.1. The largest absolute Gasteiger partial charge is 0.496 e. The molecule has 104 valence electrons. The fraction of sp³-hybridized carbons (Fsp3) is 0.385. The lowest BCUT2D eigenvalue weighted by Crippen LogP contribution is -2.22. The molecule has 0 aromatic heterocycles. The van der Waals surface area contributed by atoms with Gasteiger partial charge in [-0.3, -0.25) is 4.79 Å². The highest BCUT2D eigenvalue weighted by molar-refractivity contribution is 7.98. The number of thioether (sulfide) groups is 1. The van der Waals surface area contributed by atoms with Crippen LogP contribution in [0.15, 0.2) is 18.2 Å². The van der Waals surface area contributed by atoms with Crippen LogP contribution in [0.4, 0.5) is 5.69 Å². The topological polar surface area (TPSA) is 75.6 Å². The van der Waals surface area contributed by atoms with Crippen molar-refractivity contribution < 1.29 is 19.4 Å². The van der Waals surface area contributed by atoms with Crippen LogP contribution in [0, 0.1) is 5.92 Å². The highest BCUT2D eigenvalue weighted by Gasteiger charge is 2.15. The maximum atomic E-state index is 11.8. The summed E-state index contributed by atoms with van der Waals surface area (Å²) in [4.78, 5) is 22.8. The molecule has 0 radical (unpaired) electrons. The van der Waals surface area contributed by atoms with Crippen LogP contribution in [0.2, 0.25) is 0 Å². The van der Waals surface area contributed by atoms with E-state index in [0.717, 1.165) is 5.75 Å². The zero-order valence-corrected chi connectivity index (χ0v) is 11.9. The number of hydrogen-bond acceptors (Lipinski definition) is 4. The predicted molar refractivity (Wildman–Crippen MR) is 76.1 cm³/mol. The third-order valence-electron chi connectivity index (χ3n) is 2.56. The minimum Gasteiger partial charge on any atom is -0.496 e. The number of carboxylic acids is 1. The molecule has 0 saturated carbocycles. The summed E-state index contributed by atoms with van der Waals surface area (Å²) in [5.74, 6) is -0.316. The van der Waals surface area contributed by atoms with Crippen LogP contribution in [-0.2, 0) is 4.79 Å². The molecule has 0 saturated heterocycles. The summed E-state index contributed by atoms with van der Waals surface area (Å²) in [6.07, 6.45) is 1.94. The number of carbonyl (C=O) groups is 2. The van der Waals surface area contributed by atoms with Gasteiger partial charge in [0.2, 0.25) is 5.91 Å². The Bertz CT molecular complexity index is 476. The van der Waals surface area contributed by atoms with E-state index in [9.17, 15) is 9.59 Å². The van der Waals surface area contributed by atoms with Gasteiger partial charge in [0.1, 0.15) is 11.3 Å². The molecule has 1 aromatic rings. The number of methoxy groups -OCH3 is 1. The Morgan fingerprint density at radius 2 is 2.16 bits per heavy atom. The van der Waals surface area contributed by atoms with Crippen molar-refractivity contribution in [2.75, 3.05) is 24.4 Å². The van der Waals surface area contributed by atoms with Gasteiger partial charge in [-0.05, 0) is 18.4 Å². The van der Waals surface area contributed by atoms with Gasteiger partial charge in [0.05, 0.1) is 7.11 Å². The zero-order chi connectivity index (χ0) is 14.4. The first-order chi connectivity index (χ1) is 8.99. The van der Waals surface area contributed by atoms with Crippen LogP contribution in [0.1, 0.15) is 17.3 Å². The number of benzene rings is 1. The second-order valence-electron chi connectivity index (χ2n) is 4.07. The number of rotatable bonds is 6. The molecule has 0 spiro atoms. The number of hydrogen-bond donors (Lipinski definition) is 2. The van der Waals surface area contributed by atoms with Crippen molar-refractivity contribution in [3.63, 3.8) is 0 Å². The Kier molecular flexibility index (Phi) is 5.69. The van der Waals surface area contributed by atoms with Crippen LogP contribution in [-0.4, -0.2) is 36.1 Å². The van der Waals surface area contributed by atoms with Crippen LogP contribution in [0.5, 0.6) is 5.75 Å². The molecule has 6 heteroatoms. The van der Waals surface area contributed by atoms with Gasteiger partial charge >= 0.3 is 5.97 Å². The molecule has 5 nitrogen and oxygen atoms in total. The van der Waals surface area contributed by atoms with E-state index in [1.165, 1.54) is 19.2 Å². The Labute approximate surface area is 116 Å². The number of ether oxygens (including phenoxy) is 1. The Morgan fingerprint density at radius 3 is 2.68 bits per heavy atom. The second kappa shape index (κ2) is 7.04. The number of nitrogens with one attached hydrogen (secondary N) is 1. The highest BCUT2D eigenvalue weighted by Crippen LogP contribution is 2.23. The van der Waals surface area contributed by atoms with Crippen molar-refractivity contribution in [2.45, 2.75) is 6.92 Å². The SMILES string of the molecule is COc1cc(NC(=O)C(C)CSC)ccc1C(=O)O. The van der Waals surface area contributed by atoms with Gasteiger partial charge in [-0.25, -0.2) is 4.79 Å². The van der Waals surface area contributed by atoms with Gasteiger partial charge in [-0.15, -0.1) is 0 Å². The summed E-state index contributed by atoms with van der Waals surface area (Å²) in [6.45, 7) is 1.84. The highest BCUT2D eigenvalue weighted by atomic mass is 32.2. The van der Waals surface area contributed by atoms with E-state index in [0.29, 0.717) is 5.69 Å². The fourth-order valence-electron chi connectivity index (χ4n) is 1.54. The minimum absolute atomic E-state index is 0.0673. The standard InChI is InChI=1S/C13H17NO4S/c1-8(7-19-3)12(15)14-9-4-5-10(13(16)17)11(6-9)18-2/h4-6,8H,7H2,1-3H3,(H,14,15)(H,16,17).